The van der Waals surface area contributed by atoms with Gasteiger partial charge < -0.3 is 10.6 Å². The van der Waals surface area contributed by atoms with Crippen molar-refractivity contribution in [2.75, 3.05) is 17.2 Å². The Bertz CT molecular complexity index is 455. The minimum Gasteiger partial charge on any atom is -0.365 e. The molecule has 1 aliphatic carbocycles. The van der Waals surface area contributed by atoms with Gasteiger partial charge in [0.25, 0.3) is 0 Å². The fourth-order valence-corrected chi connectivity index (χ4v) is 2.03. The number of hydrogen-bond acceptors (Lipinski definition) is 4. The number of rotatable bonds is 4. The summed E-state index contributed by atoms with van der Waals surface area (Å²) in [6.45, 7) is 4.24. The summed E-state index contributed by atoms with van der Waals surface area (Å²) < 4.78 is 38.3. The highest BCUT2D eigenvalue weighted by Gasteiger charge is 2.36. The Hall–Kier alpha value is -1.53. The first-order valence-electron chi connectivity index (χ1n) is 6.31. The van der Waals surface area contributed by atoms with Crippen LogP contribution >= 0.6 is 0 Å². The molecule has 1 aliphatic rings. The molecule has 7 heteroatoms. The average molecular weight is 274 g/mol. The van der Waals surface area contributed by atoms with Crippen molar-refractivity contribution < 1.29 is 13.2 Å². The Morgan fingerprint density at radius 3 is 2.47 bits per heavy atom. The zero-order valence-electron chi connectivity index (χ0n) is 10.9. The number of halogens is 3. The van der Waals surface area contributed by atoms with Crippen LogP contribution in [0.15, 0.2) is 6.07 Å². The highest BCUT2D eigenvalue weighted by Crippen LogP contribution is 2.36. The summed E-state index contributed by atoms with van der Waals surface area (Å²) in [6.07, 6.45) is -1.51. The third-order valence-corrected chi connectivity index (χ3v) is 3.24. The molecule has 19 heavy (non-hydrogen) atoms. The largest absolute Gasteiger partial charge is 0.433 e. The smallest absolute Gasteiger partial charge is 0.365 e. The summed E-state index contributed by atoms with van der Waals surface area (Å²) in [7, 11) is 0. The first-order chi connectivity index (χ1) is 8.82. The summed E-state index contributed by atoms with van der Waals surface area (Å²) in [6, 6.07) is 0.963. The van der Waals surface area contributed by atoms with Crippen molar-refractivity contribution in [3.05, 3.63) is 11.8 Å². The molecule has 0 aromatic carbocycles. The molecular weight excluding hydrogens is 257 g/mol. The van der Waals surface area contributed by atoms with E-state index in [0.29, 0.717) is 6.54 Å². The minimum absolute atomic E-state index is 0.00254. The average Bonchev–Trinajstić information content (AvgIpc) is 2.26. The number of alkyl halides is 3. The second-order valence-electron chi connectivity index (χ2n) is 5.03. The minimum atomic E-state index is -4.47. The van der Waals surface area contributed by atoms with Gasteiger partial charge in [-0.05, 0) is 33.1 Å². The van der Waals surface area contributed by atoms with E-state index in [1.165, 1.54) is 0 Å². The van der Waals surface area contributed by atoms with E-state index in [0.717, 1.165) is 25.3 Å². The summed E-state index contributed by atoms with van der Waals surface area (Å²) in [4.78, 5) is 7.55. The molecule has 0 aliphatic heterocycles. The van der Waals surface area contributed by atoms with E-state index in [4.69, 9.17) is 0 Å². The first kappa shape index (κ1) is 13.9. The highest BCUT2D eigenvalue weighted by atomic mass is 19.4. The number of anilines is 2. The molecule has 2 rings (SSSR count). The van der Waals surface area contributed by atoms with Gasteiger partial charge in [0.1, 0.15) is 5.82 Å². The summed E-state index contributed by atoms with van der Waals surface area (Å²) in [5.41, 5.74) is -1.08. The van der Waals surface area contributed by atoms with E-state index < -0.39 is 11.9 Å². The van der Waals surface area contributed by atoms with Crippen LogP contribution in [0.5, 0.6) is 0 Å². The molecule has 1 aromatic rings. The molecule has 4 nitrogen and oxygen atoms in total. The monoisotopic (exact) mass is 274 g/mol. The van der Waals surface area contributed by atoms with Gasteiger partial charge in [-0.2, -0.15) is 18.2 Å². The fourth-order valence-electron chi connectivity index (χ4n) is 2.03. The number of nitrogens with zero attached hydrogens (tertiary/aromatic N) is 2. The summed E-state index contributed by atoms with van der Waals surface area (Å²) in [5.74, 6) is 0.225. The zero-order valence-corrected chi connectivity index (χ0v) is 10.9. The molecule has 0 bridgehead atoms. The van der Waals surface area contributed by atoms with Gasteiger partial charge >= 0.3 is 6.18 Å². The van der Waals surface area contributed by atoms with Gasteiger partial charge in [0.15, 0.2) is 5.69 Å². The van der Waals surface area contributed by atoms with E-state index in [1.54, 1.807) is 6.92 Å². The number of hydrogen-bond donors (Lipinski definition) is 2. The Morgan fingerprint density at radius 1 is 1.32 bits per heavy atom. The third kappa shape index (κ3) is 3.27. The topological polar surface area (TPSA) is 49.8 Å². The van der Waals surface area contributed by atoms with Gasteiger partial charge in [-0.15, -0.1) is 0 Å². The van der Waals surface area contributed by atoms with E-state index in [2.05, 4.69) is 20.6 Å². The molecular formula is C12H17F3N4. The van der Waals surface area contributed by atoms with Gasteiger partial charge in [-0.25, -0.2) is 4.98 Å². The molecule has 0 amide bonds. The Balaban J connectivity index is 2.28. The molecule has 1 heterocycles. The molecule has 0 saturated heterocycles. The van der Waals surface area contributed by atoms with Gasteiger partial charge in [-0.3, -0.25) is 0 Å². The van der Waals surface area contributed by atoms with E-state index in [1.807, 2.05) is 6.92 Å². The van der Waals surface area contributed by atoms with Crippen LogP contribution in [0.3, 0.4) is 0 Å². The maximum atomic E-state index is 12.8. The zero-order chi connectivity index (χ0) is 14.1. The number of nitrogens with one attached hydrogen (secondary N) is 2. The molecule has 0 unspecified atom stereocenters. The Morgan fingerprint density at radius 2 is 2.00 bits per heavy atom. The SMILES string of the molecule is CCNc1nc(NC2(C)CCC2)cc(C(F)(F)F)n1. The van der Waals surface area contributed by atoms with Gasteiger partial charge in [0.2, 0.25) is 5.95 Å². The van der Waals surface area contributed by atoms with E-state index in [9.17, 15) is 13.2 Å². The molecule has 2 N–H and O–H groups in total. The lowest BCUT2D eigenvalue weighted by Gasteiger charge is -2.39. The molecule has 1 aromatic heterocycles. The van der Waals surface area contributed by atoms with Crippen LogP contribution in [-0.4, -0.2) is 22.1 Å². The first-order valence-corrected chi connectivity index (χ1v) is 6.31. The lowest BCUT2D eigenvalue weighted by atomic mass is 9.78. The predicted molar refractivity (Wildman–Crippen MR) is 67.1 cm³/mol. The van der Waals surface area contributed by atoms with Crippen molar-refractivity contribution in [1.82, 2.24) is 9.97 Å². The van der Waals surface area contributed by atoms with Crippen molar-refractivity contribution in [3.8, 4) is 0 Å². The van der Waals surface area contributed by atoms with Crippen molar-refractivity contribution in [3.63, 3.8) is 0 Å². The molecule has 0 radical (unpaired) electrons. The van der Waals surface area contributed by atoms with Crippen LogP contribution in [-0.2, 0) is 6.18 Å². The van der Waals surface area contributed by atoms with Crippen molar-refractivity contribution in [2.45, 2.75) is 44.8 Å². The van der Waals surface area contributed by atoms with Crippen LogP contribution < -0.4 is 10.6 Å². The highest BCUT2D eigenvalue weighted by molar-refractivity contribution is 5.45. The Kier molecular flexibility index (Phi) is 3.56. The maximum absolute atomic E-state index is 12.8. The second kappa shape index (κ2) is 4.86. The summed E-state index contributed by atoms with van der Waals surface area (Å²) in [5, 5.41) is 5.79. The van der Waals surface area contributed by atoms with Crippen molar-refractivity contribution in [1.29, 1.82) is 0 Å². The normalized spacial score (nSPS) is 17.7. The van der Waals surface area contributed by atoms with E-state index >= 15 is 0 Å². The lowest BCUT2D eigenvalue weighted by Crippen LogP contribution is -2.42. The van der Waals surface area contributed by atoms with Gasteiger partial charge in [0, 0.05) is 18.2 Å². The molecule has 0 atom stereocenters. The molecule has 1 saturated carbocycles. The fraction of sp³-hybridized carbons (Fsp3) is 0.667. The molecule has 106 valence electrons. The van der Waals surface area contributed by atoms with Crippen LogP contribution in [0, 0.1) is 0 Å². The molecule has 0 spiro atoms. The van der Waals surface area contributed by atoms with Gasteiger partial charge in [-0.1, -0.05) is 0 Å². The quantitative estimate of drug-likeness (QED) is 0.884. The third-order valence-electron chi connectivity index (χ3n) is 3.24. The number of aromatic nitrogens is 2. The van der Waals surface area contributed by atoms with Crippen LogP contribution in [0.1, 0.15) is 38.8 Å². The predicted octanol–water partition coefficient (Wildman–Crippen LogP) is 3.28. The van der Waals surface area contributed by atoms with Crippen LogP contribution in [0.25, 0.3) is 0 Å². The van der Waals surface area contributed by atoms with Crippen LogP contribution in [0.2, 0.25) is 0 Å². The lowest BCUT2D eigenvalue weighted by molar-refractivity contribution is -0.141. The summed E-state index contributed by atoms with van der Waals surface area (Å²) >= 11 is 0. The van der Waals surface area contributed by atoms with E-state index in [-0.39, 0.29) is 17.3 Å². The van der Waals surface area contributed by atoms with Gasteiger partial charge in [0.05, 0.1) is 0 Å². The van der Waals surface area contributed by atoms with Crippen molar-refractivity contribution >= 4 is 11.8 Å². The van der Waals surface area contributed by atoms with Crippen molar-refractivity contribution in [2.24, 2.45) is 0 Å². The van der Waals surface area contributed by atoms with Crippen LogP contribution in [0.4, 0.5) is 24.9 Å². The second-order valence-corrected chi connectivity index (χ2v) is 5.03. The Labute approximate surface area is 109 Å². The maximum Gasteiger partial charge on any atom is 0.433 e. The standard InChI is InChI=1S/C12H17F3N4/c1-3-16-10-17-8(12(13,14)15)7-9(18-10)19-11(2)5-4-6-11/h7H,3-6H2,1-2H3,(H2,16,17,18,19). The molecule has 1 fully saturated rings.